The van der Waals surface area contributed by atoms with E-state index in [9.17, 15) is 9.50 Å². The van der Waals surface area contributed by atoms with Crippen LogP contribution in [0.4, 0.5) is 4.39 Å². The summed E-state index contributed by atoms with van der Waals surface area (Å²) in [6.07, 6.45) is -0.950. The standard InChI is InChI=1S/C13H13BrFN3O/c1-7-4-11(18-13(17-7)12(19)6-16)9-5-8(14)2-3-10(9)15/h2-5,12,19H,6,16H2,1H3. The summed E-state index contributed by atoms with van der Waals surface area (Å²) < 4.78 is 14.6. The maximum Gasteiger partial charge on any atom is 0.159 e. The molecule has 0 aliphatic rings. The quantitative estimate of drug-likeness (QED) is 0.908. The Kier molecular flexibility index (Phi) is 4.24. The SMILES string of the molecule is Cc1cc(-c2cc(Br)ccc2F)nc(C(O)CN)n1. The molecule has 1 heterocycles. The van der Waals surface area contributed by atoms with Gasteiger partial charge in [-0.1, -0.05) is 15.9 Å². The van der Waals surface area contributed by atoms with Crippen molar-refractivity contribution in [1.82, 2.24) is 9.97 Å². The molecule has 0 spiro atoms. The molecule has 1 unspecified atom stereocenters. The molecule has 0 radical (unpaired) electrons. The average molecular weight is 326 g/mol. The van der Waals surface area contributed by atoms with Crippen LogP contribution >= 0.6 is 15.9 Å². The zero-order chi connectivity index (χ0) is 14.0. The fourth-order valence-electron chi connectivity index (χ4n) is 1.68. The largest absolute Gasteiger partial charge is 0.384 e. The lowest BCUT2D eigenvalue weighted by atomic mass is 10.1. The molecular formula is C13H13BrFN3O. The van der Waals surface area contributed by atoms with Gasteiger partial charge in [-0.2, -0.15) is 0 Å². The second kappa shape index (κ2) is 5.73. The highest BCUT2D eigenvalue weighted by Gasteiger charge is 2.14. The number of hydrogen-bond donors (Lipinski definition) is 2. The second-order valence-electron chi connectivity index (χ2n) is 4.13. The number of benzene rings is 1. The van der Waals surface area contributed by atoms with Crippen LogP contribution < -0.4 is 5.73 Å². The van der Waals surface area contributed by atoms with E-state index in [0.717, 1.165) is 4.47 Å². The summed E-state index contributed by atoms with van der Waals surface area (Å²) in [5, 5.41) is 9.70. The van der Waals surface area contributed by atoms with Crippen LogP contribution in [0.15, 0.2) is 28.7 Å². The summed E-state index contributed by atoms with van der Waals surface area (Å²) in [5.41, 5.74) is 6.81. The van der Waals surface area contributed by atoms with E-state index in [1.54, 1.807) is 25.1 Å². The monoisotopic (exact) mass is 325 g/mol. The maximum atomic E-state index is 13.8. The maximum absolute atomic E-state index is 13.8. The van der Waals surface area contributed by atoms with Gasteiger partial charge in [0.1, 0.15) is 11.9 Å². The van der Waals surface area contributed by atoms with Crippen LogP contribution in [0.25, 0.3) is 11.3 Å². The van der Waals surface area contributed by atoms with Crippen molar-refractivity contribution in [2.45, 2.75) is 13.0 Å². The smallest absolute Gasteiger partial charge is 0.159 e. The number of aliphatic hydroxyl groups is 1. The topological polar surface area (TPSA) is 72.0 Å². The van der Waals surface area contributed by atoms with E-state index in [4.69, 9.17) is 5.73 Å². The zero-order valence-electron chi connectivity index (χ0n) is 10.3. The van der Waals surface area contributed by atoms with Gasteiger partial charge in [0, 0.05) is 22.3 Å². The van der Waals surface area contributed by atoms with Crippen molar-refractivity contribution in [2.75, 3.05) is 6.54 Å². The van der Waals surface area contributed by atoms with Crippen molar-refractivity contribution >= 4 is 15.9 Å². The number of halogens is 2. The number of aliphatic hydroxyl groups excluding tert-OH is 1. The lowest BCUT2D eigenvalue weighted by Gasteiger charge is -2.10. The van der Waals surface area contributed by atoms with Crippen LogP contribution in [0, 0.1) is 12.7 Å². The highest BCUT2D eigenvalue weighted by Crippen LogP contribution is 2.26. The number of rotatable bonds is 3. The fourth-order valence-corrected chi connectivity index (χ4v) is 2.04. The van der Waals surface area contributed by atoms with Crippen LogP contribution in [-0.4, -0.2) is 21.6 Å². The molecule has 0 saturated carbocycles. The Labute approximate surface area is 118 Å². The first-order valence-corrected chi connectivity index (χ1v) is 6.49. The van der Waals surface area contributed by atoms with Crippen molar-refractivity contribution in [1.29, 1.82) is 0 Å². The highest BCUT2D eigenvalue weighted by atomic mass is 79.9. The van der Waals surface area contributed by atoms with Gasteiger partial charge in [0.05, 0.1) is 5.69 Å². The van der Waals surface area contributed by atoms with Gasteiger partial charge in [0.15, 0.2) is 5.82 Å². The first-order valence-electron chi connectivity index (χ1n) is 5.70. The van der Waals surface area contributed by atoms with Gasteiger partial charge in [-0.3, -0.25) is 0 Å². The second-order valence-corrected chi connectivity index (χ2v) is 5.04. The minimum Gasteiger partial charge on any atom is -0.384 e. The molecular weight excluding hydrogens is 313 g/mol. The predicted molar refractivity (Wildman–Crippen MR) is 73.9 cm³/mol. The third-order valence-electron chi connectivity index (χ3n) is 2.60. The number of nitrogens with zero attached hydrogens (tertiary/aromatic N) is 2. The van der Waals surface area contributed by atoms with Gasteiger partial charge in [0.25, 0.3) is 0 Å². The number of aryl methyl sites for hydroxylation is 1. The van der Waals surface area contributed by atoms with E-state index in [2.05, 4.69) is 25.9 Å². The summed E-state index contributed by atoms with van der Waals surface area (Å²) in [5.74, 6) is -0.175. The molecule has 0 aliphatic carbocycles. The minimum absolute atomic E-state index is 0.0177. The van der Waals surface area contributed by atoms with Crippen molar-refractivity contribution in [2.24, 2.45) is 5.73 Å². The van der Waals surface area contributed by atoms with E-state index in [1.165, 1.54) is 6.07 Å². The fraction of sp³-hybridized carbons (Fsp3) is 0.231. The molecule has 0 amide bonds. The van der Waals surface area contributed by atoms with Gasteiger partial charge in [0.2, 0.25) is 0 Å². The molecule has 0 bridgehead atoms. The molecule has 0 aliphatic heterocycles. The average Bonchev–Trinajstić information content (AvgIpc) is 2.39. The molecule has 1 atom stereocenters. The summed E-state index contributed by atoms with van der Waals surface area (Å²) in [4.78, 5) is 8.28. The molecule has 19 heavy (non-hydrogen) atoms. The molecule has 1 aromatic carbocycles. The van der Waals surface area contributed by atoms with Crippen molar-refractivity contribution in [3.8, 4) is 11.3 Å². The number of hydrogen-bond acceptors (Lipinski definition) is 4. The Morgan fingerprint density at radius 3 is 2.79 bits per heavy atom. The molecule has 1 aromatic heterocycles. The Morgan fingerprint density at radius 1 is 1.37 bits per heavy atom. The summed E-state index contributed by atoms with van der Waals surface area (Å²) in [6, 6.07) is 6.27. The lowest BCUT2D eigenvalue weighted by Crippen LogP contribution is -2.15. The third-order valence-corrected chi connectivity index (χ3v) is 3.09. The predicted octanol–water partition coefficient (Wildman–Crippen LogP) is 2.35. The van der Waals surface area contributed by atoms with E-state index < -0.39 is 6.10 Å². The van der Waals surface area contributed by atoms with Gasteiger partial charge >= 0.3 is 0 Å². The van der Waals surface area contributed by atoms with Crippen molar-refractivity contribution < 1.29 is 9.50 Å². The molecule has 2 aromatic rings. The molecule has 0 fully saturated rings. The van der Waals surface area contributed by atoms with Gasteiger partial charge in [-0.25, -0.2) is 14.4 Å². The van der Waals surface area contributed by atoms with E-state index in [1.807, 2.05) is 0 Å². The van der Waals surface area contributed by atoms with Gasteiger partial charge in [-0.15, -0.1) is 0 Å². The van der Waals surface area contributed by atoms with Crippen molar-refractivity contribution in [3.63, 3.8) is 0 Å². The normalized spacial score (nSPS) is 12.5. The van der Waals surface area contributed by atoms with Gasteiger partial charge < -0.3 is 10.8 Å². The molecule has 3 N–H and O–H groups in total. The van der Waals surface area contributed by atoms with E-state index in [-0.39, 0.29) is 18.2 Å². The Hall–Kier alpha value is -1.37. The third kappa shape index (κ3) is 3.15. The van der Waals surface area contributed by atoms with Crippen LogP contribution in [0.3, 0.4) is 0 Å². The summed E-state index contributed by atoms with van der Waals surface area (Å²) in [7, 11) is 0. The minimum atomic E-state index is -0.950. The highest BCUT2D eigenvalue weighted by molar-refractivity contribution is 9.10. The molecule has 4 nitrogen and oxygen atoms in total. The number of nitrogens with two attached hydrogens (primary N) is 1. The lowest BCUT2D eigenvalue weighted by molar-refractivity contribution is 0.176. The Bertz CT molecular complexity index is 606. The molecule has 100 valence electrons. The van der Waals surface area contributed by atoms with E-state index >= 15 is 0 Å². The summed E-state index contributed by atoms with van der Waals surface area (Å²) in [6.45, 7) is 1.78. The Balaban J connectivity index is 2.56. The van der Waals surface area contributed by atoms with Crippen molar-refractivity contribution in [3.05, 3.63) is 46.1 Å². The molecule has 0 saturated heterocycles. The van der Waals surface area contributed by atoms with Crippen LogP contribution in [-0.2, 0) is 0 Å². The molecule has 2 rings (SSSR count). The zero-order valence-corrected chi connectivity index (χ0v) is 11.9. The van der Waals surface area contributed by atoms with Crippen LogP contribution in [0.1, 0.15) is 17.6 Å². The summed E-state index contributed by atoms with van der Waals surface area (Å²) >= 11 is 3.29. The first kappa shape index (κ1) is 14.0. The molecule has 6 heteroatoms. The Morgan fingerprint density at radius 2 is 2.11 bits per heavy atom. The van der Waals surface area contributed by atoms with Crippen LogP contribution in [0.2, 0.25) is 0 Å². The van der Waals surface area contributed by atoms with E-state index in [0.29, 0.717) is 17.0 Å². The van der Waals surface area contributed by atoms with Gasteiger partial charge in [-0.05, 0) is 31.2 Å². The van der Waals surface area contributed by atoms with Crippen LogP contribution in [0.5, 0.6) is 0 Å². The number of aromatic nitrogens is 2. The first-order chi connectivity index (χ1) is 9.01.